The number of fused-ring (bicyclic) bond motifs is 1. The van der Waals surface area contributed by atoms with E-state index >= 15 is 0 Å². The molecular formula is C26H25Cl2F2N7O2. The Morgan fingerprint density at radius 2 is 1.85 bits per heavy atom. The molecule has 0 aliphatic carbocycles. The maximum Gasteiger partial charge on any atom is 0.254 e. The van der Waals surface area contributed by atoms with E-state index in [0.717, 1.165) is 51.0 Å². The summed E-state index contributed by atoms with van der Waals surface area (Å²) in [7, 11) is 0. The van der Waals surface area contributed by atoms with Crippen molar-refractivity contribution in [1.82, 2.24) is 34.6 Å². The Balaban J connectivity index is 1.11. The summed E-state index contributed by atoms with van der Waals surface area (Å²) in [6.07, 6.45) is 3.83. The smallest absolute Gasteiger partial charge is 0.254 e. The molecule has 2 fully saturated rings. The Hall–Kier alpha value is -2.99. The number of hydrogen-bond donors (Lipinski definition) is 0. The predicted molar refractivity (Wildman–Crippen MR) is 140 cm³/mol. The van der Waals surface area contributed by atoms with Crippen LogP contribution in [0.4, 0.5) is 8.78 Å². The van der Waals surface area contributed by atoms with Crippen molar-refractivity contribution in [1.29, 1.82) is 0 Å². The summed E-state index contributed by atoms with van der Waals surface area (Å²) in [6, 6.07) is 5.97. The molecule has 4 aromatic rings. The molecule has 0 spiro atoms. The van der Waals surface area contributed by atoms with Crippen molar-refractivity contribution in [3.8, 4) is 5.88 Å². The van der Waals surface area contributed by atoms with E-state index in [2.05, 4.69) is 29.6 Å². The van der Waals surface area contributed by atoms with Crippen LogP contribution in [0.2, 0.25) is 10.2 Å². The third-order valence-electron chi connectivity index (χ3n) is 7.15. The van der Waals surface area contributed by atoms with Gasteiger partial charge in [-0.1, -0.05) is 29.3 Å². The maximum atomic E-state index is 14.4. The molecule has 204 valence electrons. The van der Waals surface area contributed by atoms with Crippen molar-refractivity contribution in [2.24, 2.45) is 0 Å². The summed E-state index contributed by atoms with van der Waals surface area (Å²) in [4.78, 5) is 15.7. The quantitative estimate of drug-likeness (QED) is 0.291. The number of piperidine rings is 1. The largest absolute Gasteiger partial charge is 0.471 e. The molecule has 39 heavy (non-hydrogen) atoms. The number of likely N-dealkylation sites (tertiary alicyclic amines) is 1. The molecule has 0 amide bonds. The minimum absolute atomic E-state index is 0.0448. The van der Waals surface area contributed by atoms with Crippen LogP contribution in [0.5, 0.6) is 5.88 Å². The zero-order valence-corrected chi connectivity index (χ0v) is 22.4. The summed E-state index contributed by atoms with van der Waals surface area (Å²) in [5.74, 6) is 0.0453. The predicted octanol–water partition coefficient (Wildman–Crippen LogP) is 4.95. The molecule has 0 N–H and O–H groups in total. The first kappa shape index (κ1) is 26.2. The van der Waals surface area contributed by atoms with Crippen molar-refractivity contribution in [2.75, 3.05) is 19.7 Å². The lowest BCUT2D eigenvalue weighted by atomic mass is 9.96. The van der Waals surface area contributed by atoms with Gasteiger partial charge in [-0.25, -0.2) is 14.4 Å². The molecule has 0 unspecified atom stereocenters. The Kier molecular flexibility index (Phi) is 7.57. The van der Waals surface area contributed by atoms with E-state index < -0.39 is 11.6 Å². The Labute approximate surface area is 233 Å². The Morgan fingerprint density at radius 3 is 2.59 bits per heavy atom. The highest BCUT2D eigenvalue weighted by atomic mass is 35.5. The van der Waals surface area contributed by atoms with Gasteiger partial charge >= 0.3 is 0 Å². The first-order chi connectivity index (χ1) is 18.9. The van der Waals surface area contributed by atoms with E-state index in [4.69, 9.17) is 37.7 Å². The van der Waals surface area contributed by atoms with Gasteiger partial charge in [0, 0.05) is 29.2 Å². The number of hydrogen-bond acceptors (Lipinski definition) is 8. The van der Waals surface area contributed by atoms with Gasteiger partial charge in [0.25, 0.3) is 5.88 Å². The summed E-state index contributed by atoms with van der Waals surface area (Å²) < 4.78 is 41.7. The monoisotopic (exact) mass is 575 g/mol. The zero-order chi connectivity index (χ0) is 26.9. The summed E-state index contributed by atoms with van der Waals surface area (Å²) in [5.41, 5.74) is 1.67. The van der Waals surface area contributed by atoms with Gasteiger partial charge < -0.3 is 14.0 Å². The van der Waals surface area contributed by atoms with Gasteiger partial charge in [0.15, 0.2) is 10.8 Å². The van der Waals surface area contributed by atoms with Gasteiger partial charge in [-0.15, -0.1) is 10.2 Å². The average molecular weight is 576 g/mol. The van der Waals surface area contributed by atoms with E-state index in [1.807, 2.05) is 0 Å². The van der Waals surface area contributed by atoms with Crippen LogP contribution in [0.25, 0.3) is 11.2 Å². The molecule has 3 aromatic heterocycles. The van der Waals surface area contributed by atoms with E-state index in [9.17, 15) is 8.78 Å². The van der Waals surface area contributed by atoms with Crippen LogP contribution in [0.15, 0.2) is 30.5 Å². The van der Waals surface area contributed by atoms with Crippen molar-refractivity contribution in [2.45, 2.75) is 51.0 Å². The fourth-order valence-electron chi connectivity index (χ4n) is 4.89. The van der Waals surface area contributed by atoms with Gasteiger partial charge in [0.05, 0.1) is 25.4 Å². The van der Waals surface area contributed by atoms with Crippen LogP contribution in [-0.4, -0.2) is 60.4 Å². The second-order valence-electron chi connectivity index (χ2n) is 9.75. The van der Waals surface area contributed by atoms with Gasteiger partial charge in [-0.3, -0.25) is 4.90 Å². The highest BCUT2D eigenvalue weighted by Crippen LogP contribution is 2.29. The highest BCUT2D eigenvalue weighted by molar-refractivity contribution is 6.30. The van der Waals surface area contributed by atoms with E-state index in [1.165, 1.54) is 12.1 Å². The van der Waals surface area contributed by atoms with Crippen molar-refractivity contribution in [3.63, 3.8) is 0 Å². The number of ether oxygens (including phenoxy) is 2. The number of nitrogens with zero attached hydrogens (tertiary/aromatic N) is 7. The molecule has 0 radical (unpaired) electrons. The molecule has 2 saturated heterocycles. The topological polar surface area (TPSA) is 91.1 Å². The lowest BCUT2D eigenvalue weighted by Gasteiger charge is -2.32. The Morgan fingerprint density at radius 1 is 1.03 bits per heavy atom. The van der Waals surface area contributed by atoms with Crippen LogP contribution in [0.1, 0.15) is 42.4 Å². The molecule has 2 aliphatic rings. The molecule has 6 rings (SSSR count). The number of benzene rings is 1. The number of halogens is 4. The lowest BCUT2D eigenvalue weighted by molar-refractivity contribution is -0.0593. The normalized spacial score (nSPS) is 18.4. The average Bonchev–Trinajstić information content (AvgIpc) is 3.22. The van der Waals surface area contributed by atoms with Crippen LogP contribution >= 0.6 is 23.2 Å². The minimum Gasteiger partial charge on any atom is -0.471 e. The van der Waals surface area contributed by atoms with Crippen LogP contribution in [0, 0.1) is 11.6 Å². The second-order valence-corrected chi connectivity index (χ2v) is 10.6. The number of imidazole rings is 1. The lowest BCUT2D eigenvalue weighted by Crippen LogP contribution is -2.35. The van der Waals surface area contributed by atoms with Crippen LogP contribution < -0.4 is 4.74 Å². The number of aromatic nitrogens is 6. The van der Waals surface area contributed by atoms with Crippen LogP contribution in [0.3, 0.4) is 0 Å². The molecule has 0 bridgehead atoms. The maximum absolute atomic E-state index is 14.4. The summed E-state index contributed by atoms with van der Waals surface area (Å²) in [5, 5.41) is 8.86. The Bertz CT molecular complexity index is 1490. The molecule has 0 saturated carbocycles. The first-order valence-corrected chi connectivity index (χ1v) is 13.5. The molecule has 13 heteroatoms. The fraction of sp³-hybridized carbons (Fsp3) is 0.423. The van der Waals surface area contributed by atoms with E-state index in [1.54, 1.807) is 12.1 Å². The van der Waals surface area contributed by atoms with Gasteiger partial charge in [-0.2, -0.15) is 9.37 Å². The third kappa shape index (κ3) is 5.81. The molecule has 1 aromatic carbocycles. The molecule has 9 nitrogen and oxygen atoms in total. The van der Waals surface area contributed by atoms with E-state index in [0.29, 0.717) is 35.2 Å². The van der Waals surface area contributed by atoms with Crippen molar-refractivity contribution in [3.05, 3.63) is 69.5 Å². The summed E-state index contributed by atoms with van der Waals surface area (Å²) >= 11 is 11.8. The van der Waals surface area contributed by atoms with Crippen molar-refractivity contribution < 1.29 is 18.3 Å². The minimum atomic E-state index is -0.692. The first-order valence-electron chi connectivity index (χ1n) is 12.7. The van der Waals surface area contributed by atoms with E-state index in [-0.39, 0.29) is 35.1 Å². The second kappa shape index (κ2) is 11.2. The molecule has 5 heterocycles. The van der Waals surface area contributed by atoms with Gasteiger partial charge in [0.2, 0.25) is 5.82 Å². The van der Waals surface area contributed by atoms with Crippen LogP contribution in [-0.2, 0) is 24.4 Å². The summed E-state index contributed by atoms with van der Waals surface area (Å²) in [6.45, 7) is 3.48. The molecule has 1 atom stereocenters. The van der Waals surface area contributed by atoms with Gasteiger partial charge in [0.1, 0.15) is 29.6 Å². The SMILES string of the molecule is Fc1cc(Cl)ccc1COc1nc(C2CCN(Cc3nc4cc(Cl)nnc4n3C[C@@H]3CCO3)CC2)ncc1F. The molecule has 2 aliphatic heterocycles. The standard InChI is InChI=1S/C26H25Cl2F2N7O2/c27-17-2-1-16(19(29)9-17)14-39-26-20(30)11-31-24(33-26)15-3-6-36(7-4-15)13-23-32-21-10-22(28)34-35-25(21)37(23)12-18-5-8-38-18/h1-2,9-11,15,18H,3-8,12-14H2/t18-/m0/s1. The number of rotatable bonds is 8. The molecular weight excluding hydrogens is 551 g/mol. The zero-order valence-electron chi connectivity index (χ0n) is 20.9. The van der Waals surface area contributed by atoms with Gasteiger partial charge in [-0.05, 0) is 44.5 Å². The fourth-order valence-corrected chi connectivity index (χ4v) is 5.19. The third-order valence-corrected chi connectivity index (χ3v) is 7.57. The highest BCUT2D eigenvalue weighted by Gasteiger charge is 2.27. The van der Waals surface area contributed by atoms with Crippen molar-refractivity contribution >= 4 is 34.4 Å².